The van der Waals surface area contributed by atoms with Gasteiger partial charge in [-0.25, -0.2) is 0 Å². The summed E-state index contributed by atoms with van der Waals surface area (Å²) in [5.41, 5.74) is -0.0236. The van der Waals surface area contributed by atoms with Crippen LogP contribution in [0.25, 0.3) is 0 Å². The van der Waals surface area contributed by atoms with Gasteiger partial charge in [-0.3, -0.25) is 9.59 Å². The molecule has 180 valence electrons. The van der Waals surface area contributed by atoms with Crippen LogP contribution in [0.1, 0.15) is 31.7 Å². The van der Waals surface area contributed by atoms with E-state index in [1.54, 1.807) is 15.9 Å². The molecule has 5 atom stereocenters. The first kappa shape index (κ1) is 24.6. The van der Waals surface area contributed by atoms with Crippen molar-refractivity contribution in [3.63, 3.8) is 0 Å². The van der Waals surface area contributed by atoms with Crippen LogP contribution in [0.4, 0.5) is 5.69 Å². The molecule has 0 aromatic heterocycles. The fourth-order valence-corrected chi connectivity index (χ4v) is 9.12. The minimum absolute atomic E-state index is 0.0579. The molecule has 33 heavy (non-hydrogen) atoms. The first-order chi connectivity index (χ1) is 15.6. The van der Waals surface area contributed by atoms with E-state index in [4.69, 9.17) is 4.74 Å². The first-order valence-corrected chi connectivity index (χ1v) is 15.4. The third kappa shape index (κ3) is 3.91. The monoisotopic (exact) mass is 536 g/mol. The molecule has 3 heterocycles. The van der Waals surface area contributed by atoms with Gasteiger partial charge in [0.1, 0.15) is 0 Å². The zero-order chi connectivity index (χ0) is 24.1. The van der Waals surface area contributed by atoms with E-state index in [-0.39, 0.29) is 42.3 Å². The van der Waals surface area contributed by atoms with E-state index >= 15 is 0 Å². The zero-order valence-corrected chi connectivity index (χ0v) is 22.0. The molecule has 9 heteroatoms. The highest BCUT2D eigenvalue weighted by atomic mass is 79.9. The summed E-state index contributed by atoms with van der Waals surface area (Å²) in [6.07, 6.45) is 2.84. The Kier molecular flexibility index (Phi) is 6.65. The van der Waals surface area contributed by atoms with Crippen molar-refractivity contribution in [1.82, 2.24) is 4.90 Å². The highest BCUT2D eigenvalue weighted by Gasteiger charge is 2.66. The predicted octanol–water partition coefficient (Wildman–Crippen LogP) is 3.15. The maximum atomic E-state index is 13.9. The lowest BCUT2D eigenvalue weighted by Crippen LogP contribution is -2.46. The summed E-state index contributed by atoms with van der Waals surface area (Å²) in [4.78, 5) is 41.8. The molecule has 0 radical (unpaired) electrons. The Hall–Kier alpha value is -1.52. The summed E-state index contributed by atoms with van der Waals surface area (Å²) in [6.45, 7) is 10.4. The van der Waals surface area contributed by atoms with Crippen LogP contribution in [-0.4, -0.2) is 66.8 Å². The number of halogens is 1. The van der Waals surface area contributed by atoms with Crippen LogP contribution < -0.4 is 4.90 Å². The summed E-state index contributed by atoms with van der Waals surface area (Å²) in [5, 5.41) is 9.67. The standard InChI is InChI=1S/C24H33BrN2O5Si/c1-5-10-27-19-9-8-16(25)12-18(19)24(23(27)30)15(2)22(33(3,4)31)20(32-24)13-21(29)26-11-6-7-17(26)14-28/h5,8-9,12,15,17,20,22,28,31H,1,6-7,10-11,13-14H2,2-4H3/t15-,17-,20+,22-,24+/m0/s1. The molecule has 2 fully saturated rings. The Morgan fingerprint density at radius 3 is 2.79 bits per heavy atom. The van der Waals surface area contributed by atoms with Gasteiger partial charge in [-0.2, -0.15) is 0 Å². The fourth-order valence-electron chi connectivity index (χ4n) is 6.20. The predicted molar refractivity (Wildman–Crippen MR) is 132 cm³/mol. The lowest BCUT2D eigenvalue weighted by Gasteiger charge is -2.32. The minimum atomic E-state index is -2.83. The number of benzene rings is 1. The number of hydrogen-bond acceptors (Lipinski definition) is 5. The molecule has 3 aliphatic rings. The Bertz CT molecular complexity index is 967. The van der Waals surface area contributed by atoms with Crippen LogP contribution in [0, 0.1) is 5.92 Å². The van der Waals surface area contributed by atoms with Gasteiger partial charge >= 0.3 is 0 Å². The third-order valence-electron chi connectivity index (χ3n) is 7.54. The van der Waals surface area contributed by atoms with Crippen LogP contribution in [0.3, 0.4) is 0 Å². The van der Waals surface area contributed by atoms with Crippen LogP contribution >= 0.6 is 15.9 Å². The van der Waals surface area contributed by atoms with Crippen LogP contribution in [-0.2, 0) is 19.9 Å². The lowest BCUT2D eigenvalue weighted by atomic mass is 9.82. The number of fused-ring (bicyclic) bond motifs is 2. The molecule has 2 N–H and O–H groups in total. The molecule has 2 saturated heterocycles. The fraction of sp³-hybridized carbons (Fsp3) is 0.583. The van der Waals surface area contributed by atoms with Crippen molar-refractivity contribution in [2.24, 2.45) is 5.92 Å². The number of aliphatic hydroxyl groups is 1. The van der Waals surface area contributed by atoms with E-state index in [1.165, 1.54) is 0 Å². The Morgan fingerprint density at radius 1 is 1.42 bits per heavy atom. The molecule has 4 rings (SSSR count). The topological polar surface area (TPSA) is 90.3 Å². The molecular formula is C24H33BrN2O5Si. The number of likely N-dealkylation sites (tertiary alicyclic amines) is 1. The molecule has 2 amide bonds. The molecule has 3 aliphatic heterocycles. The lowest BCUT2D eigenvalue weighted by molar-refractivity contribution is -0.150. The average molecular weight is 538 g/mol. The molecule has 7 nitrogen and oxygen atoms in total. The van der Waals surface area contributed by atoms with Gasteiger partial charge in [0.05, 0.1) is 30.9 Å². The number of aliphatic hydroxyl groups excluding tert-OH is 1. The van der Waals surface area contributed by atoms with Crippen molar-refractivity contribution in [2.75, 3.05) is 24.6 Å². The van der Waals surface area contributed by atoms with Crippen molar-refractivity contribution in [1.29, 1.82) is 0 Å². The highest BCUT2D eigenvalue weighted by molar-refractivity contribution is 9.10. The molecular weight excluding hydrogens is 504 g/mol. The minimum Gasteiger partial charge on any atom is -0.432 e. The third-order valence-corrected chi connectivity index (χ3v) is 10.5. The van der Waals surface area contributed by atoms with Gasteiger partial charge in [-0.15, -0.1) is 6.58 Å². The number of amides is 2. The van der Waals surface area contributed by atoms with E-state index in [0.717, 1.165) is 28.6 Å². The molecule has 1 aromatic carbocycles. The van der Waals surface area contributed by atoms with E-state index in [0.29, 0.717) is 13.1 Å². The van der Waals surface area contributed by atoms with Crippen LogP contribution in [0.5, 0.6) is 0 Å². The smallest absolute Gasteiger partial charge is 0.264 e. The van der Waals surface area contributed by atoms with Gasteiger partial charge in [0.2, 0.25) is 5.91 Å². The Labute approximate surface area is 204 Å². The van der Waals surface area contributed by atoms with E-state index in [2.05, 4.69) is 22.5 Å². The van der Waals surface area contributed by atoms with Gasteiger partial charge in [-0.1, -0.05) is 28.9 Å². The summed E-state index contributed by atoms with van der Waals surface area (Å²) in [5.74, 6) is -0.577. The maximum absolute atomic E-state index is 13.9. The molecule has 0 aliphatic carbocycles. The average Bonchev–Trinajstić information content (AvgIpc) is 3.39. The summed E-state index contributed by atoms with van der Waals surface area (Å²) in [6, 6.07) is 5.54. The summed E-state index contributed by atoms with van der Waals surface area (Å²) >= 11 is 3.53. The second-order valence-corrected chi connectivity index (χ2v) is 14.9. The Morgan fingerprint density at radius 2 is 2.15 bits per heavy atom. The van der Waals surface area contributed by atoms with Crippen molar-refractivity contribution in [3.8, 4) is 0 Å². The SMILES string of the molecule is C=CCN1C(=O)[C@]2(O[C@H](CC(=O)N3CCC[C@H]3CO)[C@@H]([Si](C)(C)O)[C@@H]2C)c2cc(Br)ccc21. The number of carbonyl (C=O) groups excluding carboxylic acids is 2. The highest BCUT2D eigenvalue weighted by Crippen LogP contribution is 2.59. The second-order valence-electron chi connectivity index (χ2n) is 10.00. The number of rotatable bonds is 6. The molecule has 1 aromatic rings. The van der Waals surface area contributed by atoms with Crippen LogP contribution in [0.2, 0.25) is 18.6 Å². The van der Waals surface area contributed by atoms with Gasteiger partial charge in [0.25, 0.3) is 5.91 Å². The van der Waals surface area contributed by atoms with Gasteiger partial charge in [0, 0.05) is 34.6 Å². The van der Waals surface area contributed by atoms with E-state index in [1.807, 2.05) is 38.2 Å². The molecule has 0 saturated carbocycles. The first-order valence-electron chi connectivity index (χ1n) is 11.6. The number of carbonyl (C=O) groups is 2. The van der Waals surface area contributed by atoms with E-state index < -0.39 is 20.0 Å². The molecule has 0 unspecified atom stereocenters. The van der Waals surface area contributed by atoms with Gasteiger partial charge in [0.15, 0.2) is 13.9 Å². The summed E-state index contributed by atoms with van der Waals surface area (Å²) in [7, 11) is -2.83. The number of hydrogen-bond donors (Lipinski definition) is 2. The number of nitrogens with zero attached hydrogens (tertiary/aromatic N) is 2. The largest absolute Gasteiger partial charge is 0.432 e. The van der Waals surface area contributed by atoms with Gasteiger partial charge in [-0.05, 0) is 44.1 Å². The molecule has 0 bridgehead atoms. The van der Waals surface area contributed by atoms with Crippen molar-refractivity contribution in [2.45, 2.75) is 62.6 Å². The maximum Gasteiger partial charge on any atom is 0.264 e. The van der Waals surface area contributed by atoms with Crippen LogP contribution in [0.15, 0.2) is 35.3 Å². The van der Waals surface area contributed by atoms with E-state index in [9.17, 15) is 19.5 Å². The van der Waals surface area contributed by atoms with Crippen molar-refractivity contribution in [3.05, 3.63) is 40.9 Å². The quantitative estimate of drug-likeness (QED) is 0.430. The van der Waals surface area contributed by atoms with Crippen molar-refractivity contribution >= 4 is 41.7 Å². The van der Waals surface area contributed by atoms with Gasteiger partial charge < -0.3 is 24.4 Å². The number of ether oxygens (including phenoxy) is 1. The number of anilines is 1. The second kappa shape index (κ2) is 8.92. The normalized spacial score (nSPS) is 31.5. The molecule has 1 spiro atoms. The van der Waals surface area contributed by atoms with Crippen molar-refractivity contribution < 1.29 is 24.2 Å². The summed E-state index contributed by atoms with van der Waals surface area (Å²) < 4.78 is 7.49. The Balaban J connectivity index is 1.75. The zero-order valence-electron chi connectivity index (χ0n) is 19.5.